The zero-order valence-electron chi connectivity index (χ0n) is 32.5. The van der Waals surface area contributed by atoms with Crippen LogP contribution in [0.2, 0.25) is 0 Å². The Labute approximate surface area is 342 Å². The van der Waals surface area contributed by atoms with E-state index in [0.717, 1.165) is 36.1 Å². The molecule has 0 radical (unpaired) electrons. The van der Waals surface area contributed by atoms with Crippen molar-refractivity contribution < 1.29 is 36.4 Å². The maximum absolute atomic E-state index is 13.6. The third-order valence-corrected chi connectivity index (χ3v) is 14.9. The summed E-state index contributed by atoms with van der Waals surface area (Å²) < 4.78 is 69.7. The van der Waals surface area contributed by atoms with Crippen LogP contribution in [-0.4, -0.2) is 90.1 Å². The van der Waals surface area contributed by atoms with Gasteiger partial charge < -0.3 is 33.0 Å². The second-order valence-electron chi connectivity index (χ2n) is 14.7. The summed E-state index contributed by atoms with van der Waals surface area (Å²) in [6.07, 6.45) is 2.85. The largest absolute Gasteiger partial charge is 0.497 e. The normalized spacial score (nSPS) is 23.4. The Morgan fingerprint density at radius 2 is 1.49 bits per heavy atom. The summed E-state index contributed by atoms with van der Waals surface area (Å²) in [5.74, 6) is 1.71. The van der Waals surface area contributed by atoms with Crippen molar-refractivity contribution in [2.45, 2.75) is 60.2 Å². The van der Waals surface area contributed by atoms with E-state index in [1.165, 1.54) is 6.20 Å². The number of ether oxygens (including phenoxy) is 4. The molecule has 3 fully saturated rings. The lowest BCUT2D eigenvalue weighted by Crippen LogP contribution is -2.38. The highest BCUT2D eigenvalue weighted by molar-refractivity contribution is 7.91. The Morgan fingerprint density at radius 3 is 2.15 bits per heavy atom. The van der Waals surface area contributed by atoms with Gasteiger partial charge in [0.25, 0.3) is 14.1 Å². The fourth-order valence-corrected chi connectivity index (χ4v) is 12.0. The summed E-state index contributed by atoms with van der Waals surface area (Å²) in [7, 11) is -2.03. The molecule has 306 valence electrons. The van der Waals surface area contributed by atoms with Crippen LogP contribution in [0.15, 0.2) is 131 Å². The summed E-state index contributed by atoms with van der Waals surface area (Å²) >= 11 is 0. The summed E-state index contributed by atoms with van der Waals surface area (Å²) in [4.78, 5) is 15.6. The van der Waals surface area contributed by atoms with E-state index < -0.39 is 48.4 Å². The van der Waals surface area contributed by atoms with Gasteiger partial charge in [-0.2, -0.15) is 0 Å². The number of H-pyrrole nitrogens is 1. The lowest BCUT2D eigenvalue weighted by molar-refractivity contribution is -0.0810. The summed E-state index contributed by atoms with van der Waals surface area (Å²) in [5, 5.41) is 8.57. The van der Waals surface area contributed by atoms with Gasteiger partial charge in [-0.15, -0.1) is 10.2 Å². The van der Waals surface area contributed by atoms with E-state index in [0.29, 0.717) is 23.7 Å². The minimum Gasteiger partial charge on any atom is -0.497 e. The number of nitrogens with zero attached hydrogens (tertiary/aromatic N) is 4. The second-order valence-corrected chi connectivity index (χ2v) is 18.2. The maximum atomic E-state index is 13.6. The van der Waals surface area contributed by atoms with Crippen LogP contribution in [0.3, 0.4) is 0 Å². The predicted molar refractivity (Wildman–Crippen MR) is 219 cm³/mol. The van der Waals surface area contributed by atoms with Crippen LogP contribution < -0.4 is 15.0 Å². The Bertz CT molecular complexity index is 2500. The number of fused-ring (bicyclic) bond motifs is 2. The fourth-order valence-electron chi connectivity index (χ4n) is 8.39. The van der Waals surface area contributed by atoms with E-state index in [9.17, 15) is 13.2 Å². The molecule has 3 saturated heterocycles. The van der Waals surface area contributed by atoms with Gasteiger partial charge in [0.1, 0.15) is 29.3 Å². The van der Waals surface area contributed by atoms with Gasteiger partial charge in [0.15, 0.2) is 15.7 Å². The van der Waals surface area contributed by atoms with Gasteiger partial charge in [-0.1, -0.05) is 72.8 Å². The summed E-state index contributed by atoms with van der Waals surface area (Å²) in [6, 6.07) is 34.0. The lowest BCUT2D eigenvalue weighted by atomic mass is 9.80. The average molecular weight is 838 g/mol. The lowest BCUT2D eigenvalue weighted by Gasteiger charge is -2.37. The second kappa shape index (κ2) is 16.6. The molecular formula is C43H44N5O9PS. The highest BCUT2D eigenvalue weighted by Crippen LogP contribution is 2.58. The number of hydrogen-bond acceptors (Lipinski definition) is 12. The molecule has 14 nitrogen and oxygen atoms in total. The van der Waals surface area contributed by atoms with Crippen LogP contribution in [0.25, 0.3) is 5.65 Å². The average Bonchev–Trinajstić information content (AvgIpc) is 4.08. The van der Waals surface area contributed by atoms with E-state index in [1.54, 1.807) is 55.1 Å². The van der Waals surface area contributed by atoms with Crippen LogP contribution in [0, 0.1) is 0 Å². The maximum Gasteiger partial charge on any atom is 0.293 e. The van der Waals surface area contributed by atoms with E-state index >= 15 is 0 Å². The molecule has 0 spiro atoms. The molecule has 6 atom stereocenters. The van der Waals surface area contributed by atoms with Gasteiger partial charge >= 0.3 is 0 Å². The molecule has 59 heavy (non-hydrogen) atoms. The zero-order valence-corrected chi connectivity index (χ0v) is 34.2. The molecular weight excluding hydrogens is 794 g/mol. The molecule has 5 heterocycles. The molecule has 9 rings (SSSR count). The number of rotatable bonds is 14. The van der Waals surface area contributed by atoms with Gasteiger partial charge in [-0.05, 0) is 65.9 Å². The van der Waals surface area contributed by atoms with Crippen molar-refractivity contribution in [1.82, 2.24) is 24.3 Å². The van der Waals surface area contributed by atoms with Gasteiger partial charge in [0, 0.05) is 31.4 Å². The smallest absolute Gasteiger partial charge is 0.293 e. The SMILES string of the molecule is COc1ccc(C(OC[C@H]2O[C@@H](c3nnc4c(=O)[nH]ccn34)C[C@@H]2O[P@@]2O[C@H](CS(=O)(=O)c3ccccc3)[C@@H]3CCCN32)(c2ccccc2)c2ccc(OC)cc2)cc1. The summed E-state index contributed by atoms with van der Waals surface area (Å²) in [5.41, 5.74) is 1.24. The minimum atomic E-state index is -3.62. The van der Waals surface area contributed by atoms with Gasteiger partial charge in [0.2, 0.25) is 5.65 Å². The topological polar surface area (TPSA) is 156 Å². The van der Waals surface area contributed by atoms with Gasteiger partial charge in [-0.25, -0.2) is 13.1 Å². The number of methoxy groups -OCH3 is 2. The van der Waals surface area contributed by atoms with E-state index in [-0.39, 0.29) is 34.5 Å². The van der Waals surface area contributed by atoms with E-state index in [2.05, 4.69) is 19.9 Å². The first-order chi connectivity index (χ1) is 28.8. The molecule has 1 N–H and O–H groups in total. The van der Waals surface area contributed by atoms with Crippen molar-refractivity contribution in [2.24, 2.45) is 0 Å². The number of sulfone groups is 1. The number of nitrogens with one attached hydrogen (secondary N) is 1. The number of aromatic nitrogens is 4. The van der Waals surface area contributed by atoms with Crippen molar-refractivity contribution in [3.8, 4) is 11.5 Å². The van der Waals surface area contributed by atoms with E-state index in [4.69, 9.17) is 28.0 Å². The molecule has 0 amide bonds. The Morgan fingerprint density at radius 1 is 0.847 bits per heavy atom. The monoisotopic (exact) mass is 837 g/mol. The molecule has 0 bridgehead atoms. The predicted octanol–water partition coefficient (Wildman–Crippen LogP) is 6.22. The van der Waals surface area contributed by atoms with Crippen LogP contribution in [0.5, 0.6) is 11.5 Å². The highest BCUT2D eigenvalue weighted by Gasteiger charge is 2.51. The van der Waals surface area contributed by atoms with Gasteiger partial charge in [0.05, 0.1) is 43.7 Å². The van der Waals surface area contributed by atoms with Crippen LogP contribution >= 0.6 is 8.53 Å². The molecule has 4 aromatic carbocycles. The van der Waals surface area contributed by atoms with Crippen molar-refractivity contribution in [3.63, 3.8) is 0 Å². The van der Waals surface area contributed by atoms with Crippen LogP contribution in [0.4, 0.5) is 0 Å². The molecule has 0 saturated carbocycles. The summed E-state index contributed by atoms with van der Waals surface area (Å²) in [6.45, 7) is 0.782. The van der Waals surface area contributed by atoms with Crippen molar-refractivity contribution in [3.05, 3.63) is 154 Å². The first-order valence-corrected chi connectivity index (χ1v) is 22.3. The number of benzene rings is 4. The molecule has 6 aromatic rings. The minimum absolute atomic E-state index is 0.0594. The number of hydrogen-bond donors (Lipinski definition) is 1. The molecule has 3 aliphatic heterocycles. The molecule has 16 heteroatoms. The van der Waals surface area contributed by atoms with Crippen molar-refractivity contribution >= 4 is 24.0 Å². The van der Waals surface area contributed by atoms with Crippen molar-refractivity contribution in [1.29, 1.82) is 0 Å². The first kappa shape index (κ1) is 39.5. The molecule has 0 unspecified atom stereocenters. The van der Waals surface area contributed by atoms with Crippen molar-refractivity contribution in [2.75, 3.05) is 33.1 Å². The van der Waals surface area contributed by atoms with Gasteiger partial charge in [-0.3, -0.25) is 9.20 Å². The standard InChI is InChI=1S/C43H44N5O9PS/c1-52-32-19-15-30(16-20-32)43(29-10-5-3-6-11-29,31-17-21-33(53-2)22-18-31)54-27-38-36(26-37(55-38)40-45-46-41-42(49)44-23-25-47(40)41)56-58-48-24-9-14-35(48)39(57-58)28-59(50,51)34-12-7-4-8-13-34/h3-8,10-13,15-23,25,35-39H,9,14,24,26-28H2,1-2H3,(H,44,49)/t35-,36-,37+,38+,39+,58-/m0/s1. The van der Waals surface area contributed by atoms with Crippen LogP contribution in [0.1, 0.15) is 47.9 Å². The van der Waals surface area contributed by atoms with E-state index in [1.807, 2.05) is 78.9 Å². The Kier molecular flexibility index (Phi) is 11.1. The third-order valence-electron chi connectivity index (χ3n) is 11.3. The Balaban J connectivity index is 1.07. The highest BCUT2D eigenvalue weighted by atomic mass is 32.2. The fraction of sp³-hybridized carbons (Fsp3) is 0.326. The number of aromatic amines is 1. The quantitative estimate of drug-likeness (QED) is 0.0978. The third kappa shape index (κ3) is 7.57. The molecule has 0 aliphatic carbocycles. The Hall–Kier alpha value is -4.99. The zero-order chi connectivity index (χ0) is 40.6. The molecule has 2 aromatic heterocycles. The molecule has 3 aliphatic rings. The first-order valence-electron chi connectivity index (χ1n) is 19.5. The van der Waals surface area contributed by atoms with Crippen LogP contribution in [-0.2, 0) is 34.0 Å².